The maximum atomic E-state index is 12.2. The first-order valence-corrected chi connectivity index (χ1v) is 6.89. The van der Waals surface area contributed by atoms with Gasteiger partial charge in [0.2, 0.25) is 12.7 Å². The molecule has 0 radical (unpaired) electrons. The summed E-state index contributed by atoms with van der Waals surface area (Å²) in [6.45, 7) is 0.163. The first-order valence-electron chi connectivity index (χ1n) is 6.89. The van der Waals surface area contributed by atoms with Crippen LogP contribution < -0.4 is 14.8 Å². The minimum atomic E-state index is -0.327. The first kappa shape index (κ1) is 13.3. The molecular formula is C16H11N3O4. The summed E-state index contributed by atoms with van der Waals surface area (Å²) in [6.07, 6.45) is 1.66. The molecule has 2 aromatic heterocycles. The third-order valence-corrected chi connectivity index (χ3v) is 3.31. The Morgan fingerprint density at radius 2 is 1.96 bits per heavy atom. The number of benzene rings is 1. The molecule has 0 fully saturated rings. The molecule has 1 aliphatic heterocycles. The molecule has 0 saturated heterocycles. The van der Waals surface area contributed by atoms with Crippen molar-refractivity contribution < 1.29 is 18.8 Å². The van der Waals surface area contributed by atoms with Crippen LogP contribution in [-0.4, -0.2) is 22.8 Å². The molecular weight excluding hydrogens is 298 g/mol. The van der Waals surface area contributed by atoms with Crippen molar-refractivity contribution in [3.8, 4) is 22.9 Å². The van der Waals surface area contributed by atoms with Gasteiger partial charge in [-0.3, -0.25) is 15.1 Å². The lowest BCUT2D eigenvalue weighted by molar-refractivity contribution is 0.102. The predicted molar refractivity (Wildman–Crippen MR) is 80.3 cm³/mol. The third-order valence-electron chi connectivity index (χ3n) is 3.31. The highest BCUT2D eigenvalue weighted by molar-refractivity contribution is 6.04. The highest BCUT2D eigenvalue weighted by Crippen LogP contribution is 2.32. The maximum absolute atomic E-state index is 12.2. The highest BCUT2D eigenvalue weighted by Gasteiger charge is 2.17. The Hall–Kier alpha value is -3.35. The topological polar surface area (TPSA) is 86.5 Å². The van der Waals surface area contributed by atoms with Gasteiger partial charge in [0.05, 0.1) is 5.69 Å². The van der Waals surface area contributed by atoms with Crippen molar-refractivity contribution in [2.45, 2.75) is 0 Å². The van der Waals surface area contributed by atoms with E-state index in [0.29, 0.717) is 28.5 Å². The van der Waals surface area contributed by atoms with Crippen molar-refractivity contribution in [2.75, 3.05) is 12.1 Å². The Kier molecular flexibility index (Phi) is 3.16. The number of ether oxygens (including phenoxy) is 2. The van der Waals surface area contributed by atoms with Crippen LogP contribution in [0.15, 0.2) is 53.2 Å². The van der Waals surface area contributed by atoms with E-state index < -0.39 is 0 Å². The number of aromatic nitrogens is 2. The quantitative estimate of drug-likeness (QED) is 0.800. The largest absolute Gasteiger partial charge is 0.454 e. The minimum absolute atomic E-state index is 0.163. The van der Waals surface area contributed by atoms with Crippen LogP contribution in [0.2, 0.25) is 0 Å². The first-order chi connectivity index (χ1) is 11.3. The van der Waals surface area contributed by atoms with E-state index in [2.05, 4.69) is 15.5 Å². The molecule has 0 unspecified atom stereocenters. The Labute approximate surface area is 130 Å². The van der Waals surface area contributed by atoms with Crippen LogP contribution in [0.1, 0.15) is 10.4 Å². The number of hydrogen-bond acceptors (Lipinski definition) is 6. The lowest BCUT2D eigenvalue weighted by Gasteiger charge is -2.02. The molecule has 0 bridgehead atoms. The Balaban J connectivity index is 1.52. The molecule has 7 heteroatoms. The van der Waals surface area contributed by atoms with E-state index in [1.54, 1.807) is 36.5 Å². The van der Waals surface area contributed by atoms with Crippen LogP contribution >= 0.6 is 0 Å². The number of pyridine rings is 1. The SMILES string of the molecule is O=C(Nc1cc(-c2ccccn2)no1)c1ccc2c(c1)OCO2. The highest BCUT2D eigenvalue weighted by atomic mass is 16.7. The van der Waals surface area contributed by atoms with Gasteiger partial charge < -0.3 is 14.0 Å². The van der Waals surface area contributed by atoms with Crippen molar-refractivity contribution in [3.63, 3.8) is 0 Å². The number of fused-ring (bicyclic) bond motifs is 1. The van der Waals surface area contributed by atoms with Crippen molar-refractivity contribution in [2.24, 2.45) is 0 Å². The van der Waals surface area contributed by atoms with Gasteiger partial charge in [-0.1, -0.05) is 11.2 Å². The van der Waals surface area contributed by atoms with Crippen LogP contribution in [0.5, 0.6) is 11.5 Å². The van der Waals surface area contributed by atoms with Crippen molar-refractivity contribution >= 4 is 11.8 Å². The van der Waals surface area contributed by atoms with Crippen molar-refractivity contribution in [3.05, 3.63) is 54.2 Å². The zero-order valence-corrected chi connectivity index (χ0v) is 11.9. The van der Waals surface area contributed by atoms with E-state index >= 15 is 0 Å². The van der Waals surface area contributed by atoms with Gasteiger partial charge in [0.25, 0.3) is 5.91 Å². The fraction of sp³-hybridized carbons (Fsp3) is 0.0625. The molecule has 1 aliphatic rings. The number of hydrogen-bond donors (Lipinski definition) is 1. The van der Waals surface area contributed by atoms with Gasteiger partial charge in [-0.2, -0.15) is 0 Å². The summed E-state index contributed by atoms with van der Waals surface area (Å²) in [5.41, 5.74) is 1.65. The Bertz CT molecular complexity index is 861. The molecule has 1 amide bonds. The van der Waals surface area contributed by atoms with Crippen LogP contribution in [0.4, 0.5) is 5.88 Å². The smallest absolute Gasteiger partial charge is 0.258 e. The fourth-order valence-electron chi connectivity index (χ4n) is 2.19. The van der Waals surface area contributed by atoms with Gasteiger partial charge in [0.15, 0.2) is 11.5 Å². The lowest BCUT2D eigenvalue weighted by atomic mass is 10.2. The van der Waals surface area contributed by atoms with Crippen molar-refractivity contribution in [1.82, 2.24) is 10.1 Å². The second-order valence-corrected chi connectivity index (χ2v) is 4.81. The molecule has 0 atom stereocenters. The second-order valence-electron chi connectivity index (χ2n) is 4.81. The number of carbonyl (C=O) groups is 1. The molecule has 0 spiro atoms. The summed E-state index contributed by atoms with van der Waals surface area (Å²) in [5.74, 6) is 1.09. The molecule has 1 N–H and O–H groups in total. The summed E-state index contributed by atoms with van der Waals surface area (Å²) in [4.78, 5) is 16.4. The molecule has 3 aromatic rings. The lowest BCUT2D eigenvalue weighted by Crippen LogP contribution is -2.11. The van der Waals surface area contributed by atoms with E-state index in [-0.39, 0.29) is 18.6 Å². The molecule has 4 rings (SSSR count). The van der Waals surface area contributed by atoms with Crippen LogP contribution in [0.25, 0.3) is 11.4 Å². The zero-order valence-electron chi connectivity index (χ0n) is 11.9. The monoisotopic (exact) mass is 309 g/mol. The number of carbonyl (C=O) groups excluding carboxylic acids is 1. The van der Waals surface area contributed by atoms with Gasteiger partial charge in [-0.15, -0.1) is 0 Å². The minimum Gasteiger partial charge on any atom is -0.454 e. The van der Waals surface area contributed by atoms with E-state index in [1.165, 1.54) is 0 Å². The summed E-state index contributed by atoms with van der Waals surface area (Å²) in [7, 11) is 0. The average molecular weight is 309 g/mol. The van der Waals surface area contributed by atoms with Gasteiger partial charge in [-0.05, 0) is 30.3 Å². The van der Waals surface area contributed by atoms with E-state index in [0.717, 1.165) is 0 Å². The molecule has 1 aromatic carbocycles. The standard InChI is InChI=1S/C16H11N3O4/c20-16(10-4-5-13-14(7-10)22-9-21-13)18-15-8-12(19-23-15)11-3-1-2-6-17-11/h1-8H,9H2,(H,18,20). The number of nitrogens with one attached hydrogen (secondary N) is 1. The third kappa shape index (κ3) is 2.59. The van der Waals surface area contributed by atoms with Gasteiger partial charge in [-0.25, -0.2) is 0 Å². The summed E-state index contributed by atoms with van der Waals surface area (Å²) >= 11 is 0. The van der Waals surface area contributed by atoms with Gasteiger partial charge in [0.1, 0.15) is 5.69 Å². The number of nitrogens with zero attached hydrogens (tertiary/aromatic N) is 2. The molecule has 0 saturated carbocycles. The van der Waals surface area contributed by atoms with E-state index in [9.17, 15) is 4.79 Å². The maximum Gasteiger partial charge on any atom is 0.258 e. The van der Waals surface area contributed by atoms with Crippen molar-refractivity contribution in [1.29, 1.82) is 0 Å². The van der Waals surface area contributed by atoms with Gasteiger partial charge in [0, 0.05) is 17.8 Å². The second kappa shape index (κ2) is 5.45. The Morgan fingerprint density at radius 1 is 1.04 bits per heavy atom. The molecule has 0 aliphatic carbocycles. The van der Waals surface area contributed by atoms with E-state index in [1.807, 2.05) is 12.1 Å². The summed E-state index contributed by atoms with van der Waals surface area (Å²) in [5, 5.41) is 6.54. The number of anilines is 1. The molecule has 114 valence electrons. The zero-order chi connectivity index (χ0) is 15.6. The van der Waals surface area contributed by atoms with Gasteiger partial charge >= 0.3 is 0 Å². The summed E-state index contributed by atoms with van der Waals surface area (Å²) in [6, 6.07) is 12.0. The van der Waals surface area contributed by atoms with E-state index in [4.69, 9.17) is 14.0 Å². The molecule has 23 heavy (non-hydrogen) atoms. The molecule has 7 nitrogen and oxygen atoms in total. The average Bonchev–Trinajstić information content (AvgIpc) is 3.24. The Morgan fingerprint density at radius 3 is 2.83 bits per heavy atom. The normalized spacial score (nSPS) is 12.2. The fourth-order valence-corrected chi connectivity index (χ4v) is 2.19. The van der Waals surface area contributed by atoms with Crippen LogP contribution in [-0.2, 0) is 0 Å². The van der Waals surface area contributed by atoms with Crippen LogP contribution in [0.3, 0.4) is 0 Å². The molecule has 3 heterocycles. The summed E-state index contributed by atoms with van der Waals surface area (Å²) < 4.78 is 15.6. The number of amides is 1. The van der Waals surface area contributed by atoms with Crippen LogP contribution in [0, 0.1) is 0 Å². The predicted octanol–water partition coefficient (Wildman–Crippen LogP) is 2.72. The number of rotatable bonds is 3.